The van der Waals surface area contributed by atoms with E-state index in [1.807, 2.05) is 25.6 Å². The number of thioether (sulfide) groups is 1. The van der Waals surface area contributed by atoms with Gasteiger partial charge in [-0.25, -0.2) is 0 Å². The fourth-order valence-electron chi connectivity index (χ4n) is 2.05. The second-order valence-electron chi connectivity index (χ2n) is 6.04. The maximum absolute atomic E-state index is 12.1. The maximum atomic E-state index is 12.1. The third kappa shape index (κ3) is 6.66. The van der Waals surface area contributed by atoms with Crippen LogP contribution in [0.15, 0.2) is 0 Å². The Labute approximate surface area is 122 Å². The molecular formula is C15H29NO2S. The summed E-state index contributed by atoms with van der Waals surface area (Å²) in [5.41, 5.74) is -0.491. The van der Waals surface area contributed by atoms with Crippen molar-refractivity contribution >= 4 is 17.7 Å². The molecule has 1 fully saturated rings. The average Bonchev–Trinajstić information content (AvgIpc) is 3.12. The lowest BCUT2D eigenvalue weighted by atomic mass is 9.96. The number of esters is 1. The van der Waals surface area contributed by atoms with Crippen molar-refractivity contribution < 1.29 is 9.53 Å². The minimum absolute atomic E-state index is 0.0873. The Kier molecular flexibility index (Phi) is 7.22. The lowest BCUT2D eigenvalue weighted by molar-refractivity contribution is -0.151. The molecule has 0 spiro atoms. The van der Waals surface area contributed by atoms with Crippen LogP contribution in [0, 0.1) is 5.92 Å². The summed E-state index contributed by atoms with van der Waals surface area (Å²) in [5, 5.41) is 3.47. The summed E-state index contributed by atoms with van der Waals surface area (Å²) in [6.45, 7) is 8.81. The van der Waals surface area contributed by atoms with Crippen molar-refractivity contribution in [3.63, 3.8) is 0 Å². The van der Waals surface area contributed by atoms with E-state index in [0.29, 0.717) is 12.6 Å². The first-order chi connectivity index (χ1) is 8.98. The Morgan fingerprint density at radius 3 is 2.68 bits per heavy atom. The molecule has 0 amide bonds. The van der Waals surface area contributed by atoms with Crippen molar-refractivity contribution in [2.24, 2.45) is 5.92 Å². The minimum atomic E-state index is -0.491. The molecule has 0 aromatic rings. The van der Waals surface area contributed by atoms with Crippen molar-refractivity contribution in [1.82, 2.24) is 5.32 Å². The summed E-state index contributed by atoms with van der Waals surface area (Å²) in [7, 11) is 0. The molecule has 1 unspecified atom stereocenters. The normalized spacial score (nSPS) is 18.4. The van der Waals surface area contributed by atoms with Gasteiger partial charge in [0.2, 0.25) is 0 Å². The summed E-state index contributed by atoms with van der Waals surface area (Å²) in [4.78, 5) is 12.1. The second-order valence-corrected chi connectivity index (χ2v) is 7.19. The van der Waals surface area contributed by atoms with Crippen LogP contribution in [0.1, 0.15) is 53.4 Å². The highest BCUT2D eigenvalue weighted by atomic mass is 32.2. The van der Waals surface area contributed by atoms with Crippen LogP contribution in [-0.2, 0) is 9.53 Å². The first-order valence-corrected chi connectivity index (χ1v) is 8.66. The van der Waals surface area contributed by atoms with E-state index in [1.165, 1.54) is 18.6 Å². The predicted molar refractivity (Wildman–Crippen MR) is 82.6 cm³/mol. The standard InChI is InChI=1S/C15H29NO2S/c1-5-18-14(17)15(4,16-13-7-8-13)9-6-10-19-11-12(2)3/h12-13,16H,5-11H2,1-4H3. The molecule has 0 aliphatic heterocycles. The smallest absolute Gasteiger partial charge is 0.326 e. The Balaban J connectivity index is 2.33. The van der Waals surface area contributed by atoms with E-state index in [2.05, 4.69) is 19.2 Å². The van der Waals surface area contributed by atoms with Crippen LogP contribution >= 0.6 is 11.8 Å². The first-order valence-electron chi connectivity index (χ1n) is 7.50. The van der Waals surface area contributed by atoms with E-state index in [4.69, 9.17) is 4.74 Å². The van der Waals surface area contributed by atoms with Crippen LogP contribution in [0.5, 0.6) is 0 Å². The van der Waals surface area contributed by atoms with Crippen LogP contribution in [0.4, 0.5) is 0 Å². The third-order valence-corrected chi connectivity index (χ3v) is 4.72. The summed E-state index contributed by atoms with van der Waals surface area (Å²) in [6, 6.07) is 0.526. The van der Waals surface area contributed by atoms with Crippen LogP contribution in [0.25, 0.3) is 0 Å². The van der Waals surface area contributed by atoms with E-state index in [-0.39, 0.29) is 5.97 Å². The molecule has 3 nitrogen and oxygen atoms in total. The molecule has 0 radical (unpaired) electrons. The number of hydrogen-bond donors (Lipinski definition) is 1. The number of rotatable bonds is 10. The zero-order valence-corrected chi connectivity index (χ0v) is 13.6. The van der Waals surface area contributed by atoms with E-state index in [9.17, 15) is 4.79 Å². The molecule has 0 heterocycles. The van der Waals surface area contributed by atoms with Gasteiger partial charge in [-0.3, -0.25) is 10.1 Å². The fraction of sp³-hybridized carbons (Fsp3) is 0.933. The fourth-order valence-corrected chi connectivity index (χ4v) is 3.04. The monoisotopic (exact) mass is 287 g/mol. The highest BCUT2D eigenvalue weighted by Gasteiger charge is 2.39. The van der Waals surface area contributed by atoms with Gasteiger partial charge >= 0.3 is 5.97 Å². The van der Waals surface area contributed by atoms with E-state index < -0.39 is 5.54 Å². The van der Waals surface area contributed by atoms with Crippen LogP contribution < -0.4 is 5.32 Å². The topological polar surface area (TPSA) is 38.3 Å². The van der Waals surface area contributed by atoms with Crippen LogP contribution in [0.3, 0.4) is 0 Å². The molecular weight excluding hydrogens is 258 g/mol. The van der Waals surface area contributed by atoms with Crippen LogP contribution in [-0.4, -0.2) is 35.7 Å². The van der Waals surface area contributed by atoms with Gasteiger partial charge in [0.1, 0.15) is 5.54 Å². The molecule has 19 heavy (non-hydrogen) atoms. The van der Waals surface area contributed by atoms with E-state index in [0.717, 1.165) is 24.5 Å². The Hall–Kier alpha value is -0.220. The number of ether oxygens (including phenoxy) is 1. The number of nitrogens with one attached hydrogen (secondary N) is 1. The van der Waals surface area contributed by atoms with Crippen molar-refractivity contribution in [2.45, 2.75) is 65.0 Å². The van der Waals surface area contributed by atoms with Gasteiger partial charge in [-0.05, 0) is 57.0 Å². The third-order valence-electron chi connectivity index (χ3n) is 3.24. The van der Waals surface area contributed by atoms with Gasteiger partial charge in [0.05, 0.1) is 6.61 Å². The Bertz CT molecular complexity index is 279. The largest absolute Gasteiger partial charge is 0.465 e. The SMILES string of the molecule is CCOC(=O)C(C)(CCCSCC(C)C)NC1CC1. The van der Waals surface area contributed by atoms with E-state index in [1.54, 1.807) is 0 Å². The van der Waals surface area contributed by atoms with Crippen molar-refractivity contribution in [3.8, 4) is 0 Å². The Morgan fingerprint density at radius 2 is 2.16 bits per heavy atom. The average molecular weight is 287 g/mol. The molecule has 0 aromatic heterocycles. The zero-order chi connectivity index (χ0) is 14.3. The molecule has 1 aliphatic carbocycles. The molecule has 1 N–H and O–H groups in total. The van der Waals surface area contributed by atoms with Gasteiger partial charge in [0.15, 0.2) is 0 Å². The van der Waals surface area contributed by atoms with Crippen molar-refractivity contribution in [1.29, 1.82) is 0 Å². The lowest BCUT2D eigenvalue weighted by Gasteiger charge is -2.28. The molecule has 0 bridgehead atoms. The molecule has 1 saturated carbocycles. The molecule has 0 saturated heterocycles. The zero-order valence-electron chi connectivity index (χ0n) is 12.8. The number of carbonyl (C=O) groups excluding carboxylic acids is 1. The summed E-state index contributed by atoms with van der Waals surface area (Å²) in [5.74, 6) is 2.98. The van der Waals surface area contributed by atoms with Gasteiger partial charge in [-0.2, -0.15) is 11.8 Å². The highest BCUT2D eigenvalue weighted by Crippen LogP contribution is 2.26. The lowest BCUT2D eigenvalue weighted by Crippen LogP contribution is -2.51. The second kappa shape index (κ2) is 8.15. The van der Waals surface area contributed by atoms with Gasteiger partial charge in [-0.1, -0.05) is 13.8 Å². The summed E-state index contributed by atoms with van der Waals surface area (Å²) in [6.07, 6.45) is 4.31. The Morgan fingerprint density at radius 1 is 1.47 bits per heavy atom. The van der Waals surface area contributed by atoms with Crippen LogP contribution in [0.2, 0.25) is 0 Å². The van der Waals surface area contributed by atoms with Crippen molar-refractivity contribution in [3.05, 3.63) is 0 Å². The number of hydrogen-bond acceptors (Lipinski definition) is 4. The molecule has 1 rings (SSSR count). The van der Waals surface area contributed by atoms with Gasteiger partial charge in [0.25, 0.3) is 0 Å². The minimum Gasteiger partial charge on any atom is -0.465 e. The van der Waals surface area contributed by atoms with E-state index >= 15 is 0 Å². The highest BCUT2D eigenvalue weighted by molar-refractivity contribution is 7.99. The summed E-state index contributed by atoms with van der Waals surface area (Å²) < 4.78 is 5.22. The summed E-state index contributed by atoms with van der Waals surface area (Å²) >= 11 is 1.98. The first kappa shape index (κ1) is 16.8. The molecule has 112 valence electrons. The maximum Gasteiger partial charge on any atom is 0.326 e. The van der Waals surface area contributed by atoms with Gasteiger partial charge in [0, 0.05) is 6.04 Å². The van der Waals surface area contributed by atoms with Gasteiger partial charge < -0.3 is 4.74 Å². The molecule has 1 aliphatic rings. The number of carbonyl (C=O) groups is 1. The quantitative estimate of drug-likeness (QED) is 0.494. The molecule has 1 atom stereocenters. The van der Waals surface area contributed by atoms with Crippen molar-refractivity contribution in [2.75, 3.05) is 18.1 Å². The predicted octanol–water partition coefficient (Wildman–Crippen LogP) is 3.23. The molecule has 0 aromatic carbocycles. The molecule has 4 heteroatoms. The van der Waals surface area contributed by atoms with Gasteiger partial charge in [-0.15, -0.1) is 0 Å².